The van der Waals surface area contributed by atoms with Crippen molar-refractivity contribution in [2.24, 2.45) is 0 Å². The lowest BCUT2D eigenvalue weighted by atomic mass is 10.2. The predicted molar refractivity (Wildman–Crippen MR) is 128 cm³/mol. The molecule has 34 heavy (non-hydrogen) atoms. The van der Waals surface area contributed by atoms with Gasteiger partial charge in [-0.3, -0.25) is 20.4 Å². The Morgan fingerprint density at radius 2 is 1.76 bits per heavy atom. The van der Waals surface area contributed by atoms with Gasteiger partial charge in [-0.2, -0.15) is 5.10 Å². The summed E-state index contributed by atoms with van der Waals surface area (Å²) in [4.78, 5) is 37.7. The fraction of sp³-hybridized carbons (Fsp3) is 0.130. The van der Waals surface area contributed by atoms with Gasteiger partial charge in [0.05, 0.1) is 18.5 Å². The number of rotatable bonds is 6. The fourth-order valence-electron chi connectivity index (χ4n) is 3.08. The van der Waals surface area contributed by atoms with E-state index < -0.39 is 24.4 Å². The van der Waals surface area contributed by atoms with E-state index in [1.54, 1.807) is 47.1 Å². The number of amides is 2. The maximum atomic E-state index is 12.5. The van der Waals surface area contributed by atoms with Gasteiger partial charge in [-0.1, -0.05) is 11.6 Å². The number of carbonyl (C=O) groups is 3. The fourth-order valence-corrected chi connectivity index (χ4v) is 4.29. The Kier molecular flexibility index (Phi) is 6.80. The molecule has 0 aliphatic heterocycles. The van der Waals surface area contributed by atoms with Crippen molar-refractivity contribution in [2.45, 2.75) is 6.92 Å². The molecule has 4 aromatic rings. The van der Waals surface area contributed by atoms with Crippen LogP contribution in [0.25, 0.3) is 15.9 Å². The van der Waals surface area contributed by atoms with Crippen molar-refractivity contribution in [3.05, 3.63) is 75.8 Å². The molecule has 0 spiro atoms. The molecule has 2 aromatic heterocycles. The number of carbonyl (C=O) groups excluding carboxylic acids is 3. The Morgan fingerprint density at radius 1 is 1.06 bits per heavy atom. The van der Waals surface area contributed by atoms with E-state index in [1.807, 2.05) is 19.1 Å². The lowest BCUT2D eigenvalue weighted by molar-refractivity contribution is -0.125. The molecule has 0 fully saturated rings. The number of nitrogens with zero attached hydrogens (tertiary/aromatic N) is 2. The van der Waals surface area contributed by atoms with Gasteiger partial charge in [-0.15, -0.1) is 11.3 Å². The van der Waals surface area contributed by atoms with Gasteiger partial charge in [0.25, 0.3) is 11.8 Å². The van der Waals surface area contributed by atoms with E-state index in [9.17, 15) is 14.4 Å². The van der Waals surface area contributed by atoms with Crippen molar-refractivity contribution < 1.29 is 23.9 Å². The normalized spacial score (nSPS) is 10.7. The highest BCUT2D eigenvalue weighted by Crippen LogP contribution is 2.31. The molecule has 0 radical (unpaired) electrons. The van der Waals surface area contributed by atoms with Gasteiger partial charge in [-0.05, 0) is 61.5 Å². The minimum Gasteiger partial charge on any atom is -0.497 e. The minimum absolute atomic E-state index is 0.327. The highest BCUT2D eigenvalue weighted by Gasteiger charge is 2.19. The predicted octanol–water partition coefficient (Wildman–Crippen LogP) is 3.68. The SMILES string of the molecule is COc1ccc(C(=O)NNC(=O)COC(=O)c2cc3c(C)nn(-c4ccc(Cl)cc4)c3s2)cc1. The van der Waals surface area contributed by atoms with E-state index in [0.717, 1.165) is 21.6 Å². The first-order valence-corrected chi connectivity index (χ1v) is 11.2. The van der Waals surface area contributed by atoms with Crippen LogP contribution in [0.2, 0.25) is 5.02 Å². The van der Waals surface area contributed by atoms with Crippen molar-refractivity contribution >= 4 is 50.9 Å². The number of halogens is 1. The second-order valence-corrected chi connectivity index (χ2v) is 8.58. The van der Waals surface area contributed by atoms with E-state index in [0.29, 0.717) is 21.2 Å². The molecule has 0 saturated carbocycles. The number of esters is 1. The first-order valence-electron chi connectivity index (χ1n) is 10.0. The third-order valence-corrected chi connectivity index (χ3v) is 6.16. The highest BCUT2D eigenvalue weighted by molar-refractivity contribution is 7.20. The number of fused-ring (bicyclic) bond motifs is 1. The number of aryl methyl sites for hydroxylation is 1. The van der Waals surface area contributed by atoms with Crippen molar-refractivity contribution in [1.82, 2.24) is 20.6 Å². The Balaban J connectivity index is 1.35. The molecule has 9 nitrogen and oxygen atoms in total. The van der Waals surface area contributed by atoms with Crippen LogP contribution in [0.1, 0.15) is 25.7 Å². The highest BCUT2D eigenvalue weighted by atomic mass is 35.5. The molecule has 174 valence electrons. The van der Waals surface area contributed by atoms with E-state index in [2.05, 4.69) is 16.0 Å². The van der Waals surface area contributed by atoms with E-state index in [-0.39, 0.29) is 0 Å². The maximum Gasteiger partial charge on any atom is 0.348 e. The zero-order valence-electron chi connectivity index (χ0n) is 18.1. The molecule has 0 unspecified atom stereocenters. The lowest BCUT2D eigenvalue weighted by Crippen LogP contribution is -2.43. The quantitative estimate of drug-likeness (QED) is 0.310. The summed E-state index contributed by atoms with van der Waals surface area (Å²) in [6.07, 6.45) is 0. The second kappa shape index (κ2) is 9.94. The summed E-state index contributed by atoms with van der Waals surface area (Å²) in [5.41, 5.74) is 6.36. The number of hydrazine groups is 1. The van der Waals surface area contributed by atoms with Crippen molar-refractivity contribution in [3.63, 3.8) is 0 Å². The topological polar surface area (TPSA) is 112 Å². The number of ether oxygens (including phenoxy) is 2. The summed E-state index contributed by atoms with van der Waals surface area (Å²) in [5, 5.41) is 5.94. The van der Waals surface area contributed by atoms with Crippen LogP contribution >= 0.6 is 22.9 Å². The Bertz CT molecular complexity index is 1360. The van der Waals surface area contributed by atoms with Gasteiger partial charge in [0.2, 0.25) is 0 Å². The number of thiophene rings is 1. The number of nitrogens with one attached hydrogen (secondary N) is 2. The molecule has 0 aliphatic carbocycles. The van der Waals surface area contributed by atoms with E-state index in [4.69, 9.17) is 21.1 Å². The number of hydrogen-bond acceptors (Lipinski definition) is 7. The first-order chi connectivity index (χ1) is 16.4. The van der Waals surface area contributed by atoms with Crippen molar-refractivity contribution in [1.29, 1.82) is 0 Å². The zero-order valence-corrected chi connectivity index (χ0v) is 19.7. The summed E-state index contributed by atoms with van der Waals surface area (Å²) < 4.78 is 11.9. The van der Waals surface area contributed by atoms with Gasteiger partial charge >= 0.3 is 5.97 Å². The number of aromatic nitrogens is 2. The molecular formula is C23H19ClN4O5S. The zero-order chi connectivity index (χ0) is 24.2. The minimum atomic E-state index is -0.681. The monoisotopic (exact) mass is 498 g/mol. The molecule has 2 aromatic carbocycles. The third-order valence-electron chi connectivity index (χ3n) is 4.82. The molecule has 0 saturated heterocycles. The number of methoxy groups -OCH3 is 1. The summed E-state index contributed by atoms with van der Waals surface area (Å²) in [5.74, 6) is -1.25. The molecule has 2 N–H and O–H groups in total. The van der Waals surface area contributed by atoms with Crippen LogP contribution in [0.4, 0.5) is 0 Å². The first kappa shape index (κ1) is 23.3. The molecule has 2 heterocycles. The van der Waals surface area contributed by atoms with Crippen LogP contribution < -0.4 is 15.6 Å². The Hall–Kier alpha value is -3.89. The van der Waals surface area contributed by atoms with Crippen LogP contribution in [0.15, 0.2) is 54.6 Å². The third kappa shape index (κ3) is 5.03. The molecule has 0 atom stereocenters. The molecular weight excluding hydrogens is 480 g/mol. The Labute approximate surface area is 203 Å². The average molecular weight is 499 g/mol. The van der Waals surface area contributed by atoms with Gasteiger partial charge in [0, 0.05) is 16.0 Å². The van der Waals surface area contributed by atoms with Crippen LogP contribution in [-0.4, -0.2) is 41.3 Å². The number of benzene rings is 2. The summed E-state index contributed by atoms with van der Waals surface area (Å²) in [6.45, 7) is 1.29. The lowest BCUT2D eigenvalue weighted by Gasteiger charge is -2.08. The smallest absolute Gasteiger partial charge is 0.348 e. The summed E-state index contributed by atoms with van der Waals surface area (Å²) >= 11 is 7.17. The molecule has 0 aliphatic rings. The molecule has 4 rings (SSSR count). The molecule has 11 heteroatoms. The largest absolute Gasteiger partial charge is 0.497 e. The van der Waals surface area contributed by atoms with Gasteiger partial charge in [0.1, 0.15) is 15.5 Å². The summed E-state index contributed by atoms with van der Waals surface area (Å²) in [7, 11) is 1.52. The van der Waals surface area contributed by atoms with Crippen LogP contribution in [-0.2, 0) is 9.53 Å². The van der Waals surface area contributed by atoms with E-state index in [1.165, 1.54) is 18.4 Å². The second-order valence-electron chi connectivity index (χ2n) is 7.11. The molecule has 0 bridgehead atoms. The van der Waals surface area contributed by atoms with Crippen LogP contribution in [0.3, 0.4) is 0 Å². The maximum absolute atomic E-state index is 12.5. The number of hydrogen-bond donors (Lipinski definition) is 2. The van der Waals surface area contributed by atoms with E-state index >= 15 is 0 Å². The van der Waals surface area contributed by atoms with Crippen molar-refractivity contribution in [3.8, 4) is 11.4 Å². The van der Waals surface area contributed by atoms with Gasteiger partial charge in [-0.25, -0.2) is 9.48 Å². The molecule has 2 amide bonds. The van der Waals surface area contributed by atoms with Crippen LogP contribution in [0, 0.1) is 6.92 Å². The Morgan fingerprint density at radius 3 is 2.44 bits per heavy atom. The van der Waals surface area contributed by atoms with Crippen molar-refractivity contribution in [2.75, 3.05) is 13.7 Å². The summed E-state index contributed by atoms with van der Waals surface area (Å²) in [6, 6.07) is 15.2. The van der Waals surface area contributed by atoms with Gasteiger partial charge in [0.15, 0.2) is 6.61 Å². The van der Waals surface area contributed by atoms with Gasteiger partial charge < -0.3 is 9.47 Å². The average Bonchev–Trinajstić information content (AvgIpc) is 3.42. The van der Waals surface area contributed by atoms with Crippen LogP contribution in [0.5, 0.6) is 5.75 Å². The standard InChI is InChI=1S/C23H19ClN4O5S/c1-13-18-11-19(34-22(18)28(27-13)16-7-5-15(24)6-8-16)23(31)33-12-20(29)25-26-21(30)14-3-9-17(32-2)10-4-14/h3-11H,12H2,1-2H3,(H,25,29)(H,26,30).